The third-order valence-corrected chi connectivity index (χ3v) is 10.9. The van der Waals surface area contributed by atoms with E-state index in [2.05, 4.69) is 61.5 Å². The fraction of sp³-hybridized carbons (Fsp3) is 0.867. The van der Waals surface area contributed by atoms with Crippen LogP contribution in [0.4, 0.5) is 0 Å². The van der Waals surface area contributed by atoms with Crippen molar-refractivity contribution >= 4 is 0 Å². The van der Waals surface area contributed by atoms with E-state index in [-0.39, 0.29) is 0 Å². The van der Waals surface area contributed by atoms with Gasteiger partial charge in [0.2, 0.25) is 0 Å². The number of aliphatic hydroxyl groups is 1. The lowest BCUT2D eigenvalue weighted by Crippen LogP contribution is -2.57. The minimum atomic E-state index is 0.341. The van der Waals surface area contributed by atoms with Crippen LogP contribution in [0.1, 0.15) is 120 Å². The Kier molecular flexibility index (Phi) is 7.57. The maximum atomic E-state index is 9.62. The van der Waals surface area contributed by atoms with Crippen molar-refractivity contribution in [1.29, 1.82) is 0 Å². The molecule has 0 unspecified atom stereocenters. The summed E-state index contributed by atoms with van der Waals surface area (Å²) in [4.78, 5) is 0. The quantitative estimate of drug-likeness (QED) is 0.402. The van der Waals surface area contributed by atoms with Gasteiger partial charge in [0.05, 0.1) is 0 Å². The summed E-state index contributed by atoms with van der Waals surface area (Å²) in [5.74, 6) is 3.22. The first-order chi connectivity index (χ1) is 14.5. The molecule has 1 heteroatoms. The molecule has 3 fully saturated rings. The highest BCUT2D eigenvalue weighted by atomic mass is 16.2. The average Bonchev–Trinajstić information content (AvgIpc) is 2.97. The molecular weight excluding hydrogens is 376 g/mol. The van der Waals surface area contributed by atoms with E-state index in [1.807, 2.05) is 0 Å². The Morgan fingerprint density at radius 3 is 2.35 bits per heavy atom. The van der Waals surface area contributed by atoms with E-state index in [9.17, 15) is 5.11 Å². The number of aliphatic hydroxyl groups excluding tert-OH is 1. The third kappa shape index (κ3) is 4.22. The Morgan fingerprint density at radius 1 is 1.03 bits per heavy atom. The molecule has 0 bridgehead atoms. The molecule has 0 aromatic carbocycles. The molecule has 0 aliphatic heterocycles. The van der Waals surface area contributed by atoms with E-state index < -0.39 is 0 Å². The van der Waals surface area contributed by atoms with Crippen molar-refractivity contribution in [3.05, 3.63) is 22.8 Å². The molecule has 3 aliphatic carbocycles. The molecule has 7 atom stereocenters. The van der Waals surface area contributed by atoms with E-state index in [0.717, 1.165) is 24.2 Å². The number of hydrogen-bond acceptors (Lipinski definition) is 1. The van der Waals surface area contributed by atoms with Gasteiger partial charge in [-0.2, -0.15) is 0 Å². The monoisotopic (exact) mass is 428 g/mol. The van der Waals surface area contributed by atoms with Gasteiger partial charge in [0.1, 0.15) is 0 Å². The molecule has 1 N–H and O–H groups in total. The van der Waals surface area contributed by atoms with Crippen molar-refractivity contribution in [2.24, 2.45) is 39.9 Å². The number of fused-ring (bicyclic) bond motifs is 3. The Morgan fingerprint density at radius 2 is 1.74 bits per heavy atom. The maximum Gasteiger partial charge on any atom is 0.0431 e. The van der Waals surface area contributed by atoms with E-state index in [0.29, 0.717) is 28.8 Å². The predicted molar refractivity (Wildman–Crippen MR) is 135 cm³/mol. The smallest absolute Gasteiger partial charge is 0.0431 e. The van der Waals surface area contributed by atoms with Crippen LogP contribution in [-0.4, -0.2) is 11.7 Å². The molecule has 0 amide bonds. The standard InChI is InChI=1S/C30H52O/c1-21(2)11-9-12-23(5)25-16-17-30(8)27-15-14-24(22(3)4)26(13-10-20-31)28(27,6)18-19-29(25,30)7/h11,23,25-27,31H,9-10,12-20H2,1-8H3/t23-,25+,26-,27+,28+,29+,30-/m1/s1. The van der Waals surface area contributed by atoms with Gasteiger partial charge < -0.3 is 5.11 Å². The summed E-state index contributed by atoms with van der Waals surface area (Å²) >= 11 is 0. The molecule has 0 saturated heterocycles. The molecular formula is C30H52O. The first-order valence-corrected chi connectivity index (χ1v) is 13.4. The number of hydrogen-bond donors (Lipinski definition) is 1. The van der Waals surface area contributed by atoms with Gasteiger partial charge in [0.15, 0.2) is 0 Å². The molecule has 0 radical (unpaired) electrons. The summed E-state index contributed by atoms with van der Waals surface area (Å²) in [6, 6.07) is 0. The normalized spacial score (nSPS) is 40.8. The largest absolute Gasteiger partial charge is 0.396 e. The van der Waals surface area contributed by atoms with Gasteiger partial charge in [0, 0.05) is 6.61 Å². The van der Waals surface area contributed by atoms with Crippen LogP contribution in [0.3, 0.4) is 0 Å². The van der Waals surface area contributed by atoms with Crippen molar-refractivity contribution in [3.8, 4) is 0 Å². The lowest BCUT2D eigenvalue weighted by molar-refractivity contribution is -0.144. The van der Waals surface area contributed by atoms with Crippen LogP contribution in [-0.2, 0) is 0 Å². The molecule has 178 valence electrons. The average molecular weight is 429 g/mol. The van der Waals surface area contributed by atoms with Crippen LogP contribution in [0.15, 0.2) is 22.8 Å². The Labute approximate surface area is 194 Å². The summed E-state index contributed by atoms with van der Waals surface area (Å²) in [6.45, 7) is 20.1. The molecule has 31 heavy (non-hydrogen) atoms. The highest BCUT2D eigenvalue weighted by molar-refractivity contribution is 5.25. The van der Waals surface area contributed by atoms with Gasteiger partial charge >= 0.3 is 0 Å². The maximum absolute atomic E-state index is 9.62. The Balaban J connectivity index is 1.88. The van der Waals surface area contributed by atoms with Crippen molar-refractivity contribution in [2.75, 3.05) is 6.61 Å². The summed E-state index contributed by atoms with van der Waals surface area (Å²) in [6.07, 6.45) is 15.5. The van der Waals surface area contributed by atoms with Crippen molar-refractivity contribution in [3.63, 3.8) is 0 Å². The predicted octanol–water partition coefficient (Wildman–Crippen LogP) is 8.73. The van der Waals surface area contributed by atoms with Gasteiger partial charge in [-0.3, -0.25) is 0 Å². The second-order valence-corrected chi connectivity index (χ2v) is 12.9. The van der Waals surface area contributed by atoms with Gasteiger partial charge in [-0.25, -0.2) is 0 Å². The number of rotatable bonds is 7. The second-order valence-electron chi connectivity index (χ2n) is 12.9. The summed E-state index contributed by atoms with van der Waals surface area (Å²) in [5.41, 5.74) is 6.14. The SMILES string of the molecule is CC(C)=CCC[C@@H](C)[C@@H]1CC[C@]2(C)[C@H]3CCC(=C(C)C)[C@@H](CCCO)[C@]3(C)CC[C@@]12C. The highest BCUT2D eigenvalue weighted by Gasteiger charge is 2.66. The minimum absolute atomic E-state index is 0.341. The molecule has 3 rings (SSSR count). The fourth-order valence-corrected chi connectivity index (χ4v) is 9.04. The summed E-state index contributed by atoms with van der Waals surface area (Å²) in [7, 11) is 0. The zero-order valence-corrected chi connectivity index (χ0v) is 22.1. The molecule has 1 nitrogen and oxygen atoms in total. The summed E-state index contributed by atoms with van der Waals surface area (Å²) < 4.78 is 0. The molecule has 0 aromatic heterocycles. The highest BCUT2D eigenvalue weighted by Crippen LogP contribution is 2.74. The van der Waals surface area contributed by atoms with Gasteiger partial charge in [-0.1, -0.05) is 50.5 Å². The zero-order chi connectivity index (χ0) is 23.0. The minimum Gasteiger partial charge on any atom is -0.396 e. The van der Waals surface area contributed by atoms with E-state index >= 15 is 0 Å². The van der Waals surface area contributed by atoms with E-state index in [1.54, 1.807) is 11.1 Å². The molecule has 0 spiro atoms. The fourth-order valence-electron chi connectivity index (χ4n) is 9.04. The molecule has 3 saturated carbocycles. The van der Waals surface area contributed by atoms with Crippen molar-refractivity contribution < 1.29 is 5.11 Å². The Hall–Kier alpha value is -0.560. The van der Waals surface area contributed by atoms with E-state index in [4.69, 9.17) is 0 Å². The van der Waals surface area contributed by atoms with Crippen LogP contribution in [0.2, 0.25) is 0 Å². The van der Waals surface area contributed by atoms with Crippen molar-refractivity contribution in [1.82, 2.24) is 0 Å². The first kappa shape index (κ1) is 25.1. The number of allylic oxidation sites excluding steroid dienone is 4. The molecule has 0 aromatic rings. The topological polar surface area (TPSA) is 20.2 Å². The van der Waals surface area contributed by atoms with Gasteiger partial charge in [0.25, 0.3) is 0 Å². The van der Waals surface area contributed by atoms with Crippen LogP contribution in [0, 0.1) is 39.9 Å². The van der Waals surface area contributed by atoms with Crippen LogP contribution < -0.4 is 0 Å². The van der Waals surface area contributed by atoms with Gasteiger partial charge in [-0.05, 0) is 132 Å². The summed E-state index contributed by atoms with van der Waals surface area (Å²) in [5, 5.41) is 9.62. The molecule has 3 aliphatic rings. The lowest BCUT2D eigenvalue weighted by atomic mass is 9.40. The van der Waals surface area contributed by atoms with Crippen LogP contribution in [0.25, 0.3) is 0 Å². The first-order valence-electron chi connectivity index (χ1n) is 13.4. The van der Waals surface area contributed by atoms with Gasteiger partial charge in [-0.15, -0.1) is 0 Å². The third-order valence-electron chi connectivity index (χ3n) is 10.9. The van der Waals surface area contributed by atoms with Crippen molar-refractivity contribution in [2.45, 2.75) is 120 Å². The Bertz CT molecular complexity index is 693. The van der Waals surface area contributed by atoms with Crippen LogP contribution in [0.5, 0.6) is 0 Å². The molecule has 0 heterocycles. The second kappa shape index (κ2) is 9.36. The lowest BCUT2D eigenvalue weighted by Gasteiger charge is -2.65. The zero-order valence-electron chi connectivity index (χ0n) is 22.1. The van der Waals surface area contributed by atoms with Crippen LogP contribution >= 0.6 is 0 Å². The van der Waals surface area contributed by atoms with E-state index in [1.165, 1.54) is 63.4 Å².